The van der Waals surface area contributed by atoms with E-state index >= 15 is 0 Å². The summed E-state index contributed by atoms with van der Waals surface area (Å²) < 4.78 is 5.07. The van der Waals surface area contributed by atoms with Crippen molar-refractivity contribution in [2.45, 2.75) is 19.9 Å². The summed E-state index contributed by atoms with van der Waals surface area (Å²) >= 11 is 0.965. The normalized spacial score (nSPS) is 15.9. The Morgan fingerprint density at radius 1 is 1.21 bits per heavy atom. The Kier molecular flexibility index (Phi) is 6.65. The minimum Gasteiger partial charge on any atom is -0.503 e. The number of nitrogens with zero attached hydrogens (tertiary/aromatic N) is 3. The highest BCUT2D eigenvalue weighted by Gasteiger charge is 2.45. The number of rotatable bonds is 7. The minimum absolute atomic E-state index is 0.0873. The Bertz CT molecular complexity index is 1300. The molecule has 34 heavy (non-hydrogen) atoms. The molecular formula is C25H21N3O5S. The van der Waals surface area contributed by atoms with E-state index in [-0.39, 0.29) is 22.2 Å². The first kappa shape index (κ1) is 23.1. The van der Waals surface area contributed by atoms with Gasteiger partial charge in [-0.1, -0.05) is 53.8 Å². The summed E-state index contributed by atoms with van der Waals surface area (Å²) in [4.78, 5) is 48.6. The van der Waals surface area contributed by atoms with Crippen molar-refractivity contribution in [2.24, 2.45) is 0 Å². The highest BCUT2D eigenvalue weighted by molar-refractivity contribution is 7.17. The number of anilines is 1. The fourth-order valence-electron chi connectivity index (χ4n) is 3.60. The number of benzene rings is 1. The van der Waals surface area contributed by atoms with Crippen molar-refractivity contribution in [3.63, 3.8) is 0 Å². The fraction of sp³-hybridized carbons (Fsp3) is 0.160. The van der Waals surface area contributed by atoms with Crippen LogP contribution in [0, 0.1) is 6.92 Å². The van der Waals surface area contributed by atoms with Crippen LogP contribution in [0.2, 0.25) is 0 Å². The van der Waals surface area contributed by atoms with Gasteiger partial charge in [0.2, 0.25) is 0 Å². The summed E-state index contributed by atoms with van der Waals surface area (Å²) in [5.41, 5.74) is 1.61. The Morgan fingerprint density at radius 3 is 2.65 bits per heavy atom. The van der Waals surface area contributed by atoms with Crippen LogP contribution in [0.25, 0.3) is 6.08 Å². The van der Waals surface area contributed by atoms with E-state index in [4.69, 9.17) is 4.74 Å². The zero-order valence-corrected chi connectivity index (χ0v) is 19.3. The van der Waals surface area contributed by atoms with Crippen LogP contribution in [-0.4, -0.2) is 39.3 Å². The Morgan fingerprint density at radius 2 is 1.97 bits per heavy atom. The van der Waals surface area contributed by atoms with Crippen molar-refractivity contribution in [1.29, 1.82) is 0 Å². The largest absolute Gasteiger partial charge is 0.503 e. The number of amides is 1. The van der Waals surface area contributed by atoms with Crippen molar-refractivity contribution in [3.8, 4) is 0 Å². The van der Waals surface area contributed by atoms with Gasteiger partial charge in [0.25, 0.3) is 5.91 Å². The number of aromatic nitrogens is 2. The Balaban J connectivity index is 1.76. The van der Waals surface area contributed by atoms with Gasteiger partial charge in [0.1, 0.15) is 4.88 Å². The molecule has 0 saturated heterocycles. The SMILES string of the molecule is CCOC(=O)c1sc(N2C(=O)C(O)=C(C(=O)/C=C/c3ccccc3)C2c2cccnc2)nc1C. The molecular weight excluding hydrogens is 454 g/mol. The second-order valence-corrected chi connectivity index (χ2v) is 8.34. The van der Waals surface area contributed by atoms with Crippen LogP contribution in [-0.2, 0) is 14.3 Å². The maximum atomic E-state index is 13.2. The van der Waals surface area contributed by atoms with Gasteiger partial charge < -0.3 is 9.84 Å². The number of ether oxygens (including phenoxy) is 1. The molecule has 1 aliphatic heterocycles. The van der Waals surface area contributed by atoms with E-state index in [9.17, 15) is 19.5 Å². The Labute approximate surface area is 199 Å². The molecule has 3 heterocycles. The van der Waals surface area contributed by atoms with Crippen molar-refractivity contribution >= 4 is 40.2 Å². The Hall–Kier alpha value is -4.11. The molecule has 0 spiro atoms. The van der Waals surface area contributed by atoms with Crippen LogP contribution in [0.5, 0.6) is 0 Å². The summed E-state index contributed by atoms with van der Waals surface area (Å²) in [6.45, 7) is 3.52. The number of carbonyl (C=O) groups is 3. The molecule has 172 valence electrons. The molecule has 1 atom stereocenters. The van der Waals surface area contributed by atoms with E-state index in [0.29, 0.717) is 11.3 Å². The van der Waals surface area contributed by atoms with Crippen molar-refractivity contribution < 1.29 is 24.2 Å². The quantitative estimate of drug-likeness (QED) is 0.403. The molecule has 3 aromatic rings. The van der Waals surface area contributed by atoms with Crippen LogP contribution in [0.15, 0.2) is 72.3 Å². The van der Waals surface area contributed by atoms with Gasteiger partial charge in [-0.05, 0) is 37.1 Å². The molecule has 0 fully saturated rings. The lowest BCUT2D eigenvalue weighted by Gasteiger charge is -2.23. The third-order valence-electron chi connectivity index (χ3n) is 5.15. The van der Waals surface area contributed by atoms with Gasteiger partial charge in [0, 0.05) is 12.4 Å². The molecule has 1 aromatic carbocycles. The zero-order chi connectivity index (χ0) is 24.2. The van der Waals surface area contributed by atoms with Gasteiger partial charge in [0.05, 0.1) is 23.9 Å². The van der Waals surface area contributed by atoms with Gasteiger partial charge in [-0.3, -0.25) is 19.5 Å². The smallest absolute Gasteiger partial charge is 0.350 e. The van der Waals surface area contributed by atoms with E-state index in [1.807, 2.05) is 30.3 Å². The average molecular weight is 476 g/mol. The summed E-state index contributed by atoms with van der Waals surface area (Å²) in [7, 11) is 0. The number of hydrogen-bond acceptors (Lipinski definition) is 8. The lowest BCUT2D eigenvalue weighted by molar-refractivity contribution is -0.117. The molecule has 1 N–H and O–H groups in total. The number of hydrogen-bond donors (Lipinski definition) is 1. The summed E-state index contributed by atoms with van der Waals surface area (Å²) in [6, 6.07) is 11.6. The number of esters is 1. The number of thiazole rings is 1. The number of aliphatic hydroxyl groups excluding tert-OH is 1. The second kappa shape index (κ2) is 9.80. The maximum absolute atomic E-state index is 13.2. The number of ketones is 1. The first-order valence-electron chi connectivity index (χ1n) is 10.5. The van der Waals surface area contributed by atoms with Gasteiger partial charge in [0.15, 0.2) is 16.7 Å². The number of carbonyl (C=O) groups excluding carboxylic acids is 3. The molecule has 1 unspecified atom stereocenters. The van der Waals surface area contributed by atoms with E-state index < -0.39 is 29.5 Å². The average Bonchev–Trinajstić information content (AvgIpc) is 3.36. The van der Waals surface area contributed by atoms with Crippen LogP contribution in [0.3, 0.4) is 0 Å². The topological polar surface area (TPSA) is 110 Å². The fourth-order valence-corrected chi connectivity index (χ4v) is 4.59. The van der Waals surface area contributed by atoms with E-state index in [1.165, 1.54) is 17.2 Å². The molecule has 0 radical (unpaired) electrons. The van der Waals surface area contributed by atoms with Gasteiger partial charge >= 0.3 is 5.97 Å². The third-order valence-corrected chi connectivity index (χ3v) is 6.29. The molecule has 4 rings (SSSR count). The van der Waals surface area contributed by atoms with Gasteiger partial charge in [-0.2, -0.15) is 0 Å². The number of aryl methyl sites for hydroxylation is 1. The van der Waals surface area contributed by atoms with Crippen molar-refractivity contribution in [1.82, 2.24) is 9.97 Å². The monoisotopic (exact) mass is 475 g/mol. The predicted molar refractivity (Wildman–Crippen MR) is 127 cm³/mol. The molecule has 0 aliphatic carbocycles. The third kappa shape index (κ3) is 4.38. The molecule has 0 bridgehead atoms. The van der Waals surface area contributed by atoms with Gasteiger partial charge in [-0.25, -0.2) is 9.78 Å². The second-order valence-electron chi connectivity index (χ2n) is 7.37. The van der Waals surface area contributed by atoms with Crippen LogP contribution < -0.4 is 4.90 Å². The van der Waals surface area contributed by atoms with E-state index in [1.54, 1.807) is 38.3 Å². The zero-order valence-electron chi connectivity index (χ0n) is 18.5. The highest BCUT2D eigenvalue weighted by Crippen LogP contribution is 2.43. The van der Waals surface area contributed by atoms with Crippen LogP contribution in [0.4, 0.5) is 5.13 Å². The standard InChI is InChI=1S/C25H21N3O5S/c1-3-33-24(32)22-15(2)27-25(34-22)28-20(17-10-7-13-26-14-17)19(21(30)23(28)31)18(29)12-11-16-8-5-4-6-9-16/h4-14,20,30H,3H2,1-2H3/b12-11+. The first-order chi connectivity index (χ1) is 16.4. The van der Waals surface area contributed by atoms with Crippen molar-refractivity contribution in [3.05, 3.63) is 94.0 Å². The molecule has 8 nitrogen and oxygen atoms in total. The maximum Gasteiger partial charge on any atom is 0.350 e. The summed E-state index contributed by atoms with van der Waals surface area (Å²) in [5.74, 6) is -2.52. The predicted octanol–water partition coefficient (Wildman–Crippen LogP) is 4.21. The lowest BCUT2D eigenvalue weighted by atomic mass is 9.97. The van der Waals surface area contributed by atoms with Crippen LogP contribution in [0.1, 0.15) is 39.5 Å². The molecule has 9 heteroatoms. The van der Waals surface area contributed by atoms with E-state index in [2.05, 4.69) is 9.97 Å². The molecule has 2 aromatic heterocycles. The number of aliphatic hydroxyl groups is 1. The first-order valence-corrected chi connectivity index (χ1v) is 11.3. The highest BCUT2D eigenvalue weighted by atomic mass is 32.1. The molecule has 1 aliphatic rings. The van der Waals surface area contributed by atoms with Crippen LogP contribution >= 0.6 is 11.3 Å². The molecule has 1 amide bonds. The minimum atomic E-state index is -0.963. The van der Waals surface area contributed by atoms with E-state index in [0.717, 1.165) is 16.9 Å². The van der Waals surface area contributed by atoms with Gasteiger partial charge in [-0.15, -0.1) is 0 Å². The lowest BCUT2D eigenvalue weighted by Crippen LogP contribution is -2.30. The number of pyridine rings is 1. The molecule has 0 saturated carbocycles. The summed E-state index contributed by atoms with van der Waals surface area (Å²) in [5, 5.41) is 10.9. The number of allylic oxidation sites excluding steroid dienone is 1. The van der Waals surface area contributed by atoms with Crippen molar-refractivity contribution in [2.75, 3.05) is 11.5 Å². The summed E-state index contributed by atoms with van der Waals surface area (Å²) in [6.07, 6.45) is 6.02.